The average molecular weight is 298 g/mol. The minimum atomic E-state index is -1.08. The van der Waals surface area contributed by atoms with Crippen molar-refractivity contribution in [2.45, 2.75) is 13.3 Å². The Morgan fingerprint density at radius 3 is 2.68 bits per heavy atom. The summed E-state index contributed by atoms with van der Waals surface area (Å²) in [7, 11) is 0. The van der Waals surface area contributed by atoms with Gasteiger partial charge in [-0.2, -0.15) is 0 Å². The lowest BCUT2D eigenvalue weighted by Gasteiger charge is -2.06. The predicted octanol–water partition coefficient (Wildman–Crippen LogP) is 3.43. The number of benzene rings is 2. The molecule has 0 saturated carbocycles. The van der Waals surface area contributed by atoms with Crippen LogP contribution in [0.5, 0.6) is 5.75 Å². The van der Waals surface area contributed by atoms with Crippen LogP contribution in [0.4, 0.5) is 0 Å². The molecule has 0 fully saturated rings. The van der Waals surface area contributed by atoms with E-state index in [1.165, 1.54) is 18.2 Å². The first-order chi connectivity index (χ1) is 10.6. The van der Waals surface area contributed by atoms with Gasteiger partial charge in [0.05, 0.1) is 22.9 Å². The Labute approximate surface area is 125 Å². The molecule has 1 heterocycles. The van der Waals surface area contributed by atoms with Crippen molar-refractivity contribution in [3.8, 4) is 5.75 Å². The van der Waals surface area contributed by atoms with Crippen LogP contribution < -0.4 is 10.2 Å². The smallest absolute Gasteiger partial charge is 0.335 e. The first-order valence-electron chi connectivity index (χ1n) is 6.97. The largest absolute Gasteiger partial charge is 0.493 e. The monoisotopic (exact) mass is 298 g/mol. The zero-order chi connectivity index (χ0) is 15.7. The van der Waals surface area contributed by atoms with Gasteiger partial charge >= 0.3 is 5.97 Å². The predicted molar refractivity (Wildman–Crippen MR) is 82.7 cm³/mol. The summed E-state index contributed by atoms with van der Waals surface area (Å²) < 4.78 is 11.2. The second kappa shape index (κ2) is 5.52. The Morgan fingerprint density at radius 2 is 1.95 bits per heavy atom. The Morgan fingerprint density at radius 1 is 1.14 bits per heavy atom. The standard InChI is InChI=1S/C17H14O5/c1-2-7-21-11-4-5-12-15(9-11)22-14-6-3-10(17(19)20)8-13(14)16(12)18/h3-6,8-9H,2,7H2,1H3,(H,19,20). The summed E-state index contributed by atoms with van der Waals surface area (Å²) in [5.74, 6) is -0.441. The summed E-state index contributed by atoms with van der Waals surface area (Å²) in [6, 6.07) is 9.28. The second-order valence-corrected chi connectivity index (χ2v) is 4.95. The van der Waals surface area contributed by atoms with E-state index in [-0.39, 0.29) is 16.4 Å². The van der Waals surface area contributed by atoms with Gasteiger partial charge in [-0.3, -0.25) is 4.79 Å². The molecule has 5 heteroatoms. The lowest BCUT2D eigenvalue weighted by molar-refractivity contribution is 0.0697. The maximum atomic E-state index is 12.5. The molecule has 3 rings (SSSR count). The highest BCUT2D eigenvalue weighted by Gasteiger charge is 2.11. The van der Waals surface area contributed by atoms with Crippen molar-refractivity contribution < 1.29 is 19.1 Å². The molecule has 0 atom stereocenters. The third-order valence-corrected chi connectivity index (χ3v) is 3.36. The summed E-state index contributed by atoms with van der Waals surface area (Å²) >= 11 is 0. The van der Waals surface area contributed by atoms with E-state index in [1.807, 2.05) is 6.92 Å². The molecule has 0 aliphatic carbocycles. The summed E-state index contributed by atoms with van der Waals surface area (Å²) in [4.78, 5) is 23.5. The minimum absolute atomic E-state index is 0.0575. The number of hydrogen-bond acceptors (Lipinski definition) is 4. The molecule has 0 aliphatic rings. The quantitative estimate of drug-likeness (QED) is 0.747. The maximum Gasteiger partial charge on any atom is 0.335 e. The van der Waals surface area contributed by atoms with Crippen LogP contribution in [0.25, 0.3) is 21.9 Å². The van der Waals surface area contributed by atoms with Crippen LogP contribution in [0.1, 0.15) is 23.7 Å². The van der Waals surface area contributed by atoms with Gasteiger partial charge in [-0.1, -0.05) is 6.92 Å². The first kappa shape index (κ1) is 14.1. The molecule has 0 bridgehead atoms. The molecule has 1 N–H and O–H groups in total. The molecule has 0 amide bonds. The van der Waals surface area contributed by atoms with Crippen molar-refractivity contribution in [2.75, 3.05) is 6.61 Å². The van der Waals surface area contributed by atoms with Gasteiger partial charge in [-0.15, -0.1) is 0 Å². The van der Waals surface area contributed by atoms with Crippen LogP contribution in [0.15, 0.2) is 45.6 Å². The molecule has 112 valence electrons. The van der Waals surface area contributed by atoms with Crippen molar-refractivity contribution in [1.82, 2.24) is 0 Å². The van der Waals surface area contributed by atoms with Crippen LogP contribution >= 0.6 is 0 Å². The van der Waals surface area contributed by atoms with E-state index >= 15 is 0 Å². The zero-order valence-electron chi connectivity index (χ0n) is 12.0. The van der Waals surface area contributed by atoms with Crippen molar-refractivity contribution >= 4 is 27.9 Å². The summed E-state index contributed by atoms with van der Waals surface area (Å²) in [6.07, 6.45) is 0.887. The van der Waals surface area contributed by atoms with Gasteiger partial charge in [0, 0.05) is 6.07 Å². The van der Waals surface area contributed by atoms with Crippen LogP contribution in [0, 0.1) is 0 Å². The molecule has 0 radical (unpaired) electrons. The fraction of sp³-hybridized carbons (Fsp3) is 0.176. The number of carbonyl (C=O) groups is 1. The van der Waals surface area contributed by atoms with E-state index < -0.39 is 5.97 Å². The van der Waals surface area contributed by atoms with Crippen LogP contribution in [0.3, 0.4) is 0 Å². The van der Waals surface area contributed by atoms with Gasteiger partial charge < -0.3 is 14.3 Å². The molecular formula is C17H14O5. The van der Waals surface area contributed by atoms with Crippen LogP contribution in [-0.4, -0.2) is 17.7 Å². The Bertz CT molecular complexity index is 923. The summed E-state index contributed by atoms with van der Waals surface area (Å²) in [5.41, 5.74) is 0.591. The molecule has 3 aromatic rings. The highest BCUT2D eigenvalue weighted by Crippen LogP contribution is 2.23. The highest BCUT2D eigenvalue weighted by molar-refractivity contribution is 5.96. The molecule has 5 nitrogen and oxygen atoms in total. The second-order valence-electron chi connectivity index (χ2n) is 4.95. The summed E-state index contributed by atoms with van der Waals surface area (Å²) in [6.45, 7) is 2.60. The highest BCUT2D eigenvalue weighted by atomic mass is 16.5. The van der Waals surface area contributed by atoms with Gasteiger partial charge in [0.2, 0.25) is 5.43 Å². The van der Waals surface area contributed by atoms with Crippen molar-refractivity contribution in [3.63, 3.8) is 0 Å². The SMILES string of the molecule is CCCOc1ccc2c(=O)c3cc(C(=O)O)ccc3oc2c1. The minimum Gasteiger partial charge on any atom is -0.493 e. The molecule has 1 aromatic heterocycles. The number of ether oxygens (including phenoxy) is 1. The first-order valence-corrected chi connectivity index (χ1v) is 6.97. The lowest BCUT2D eigenvalue weighted by Crippen LogP contribution is -2.05. The van der Waals surface area contributed by atoms with E-state index in [0.717, 1.165) is 6.42 Å². The molecule has 0 saturated heterocycles. The van der Waals surface area contributed by atoms with E-state index in [9.17, 15) is 9.59 Å². The Balaban J connectivity index is 2.22. The number of aromatic carboxylic acids is 1. The number of carboxylic acids is 1. The van der Waals surface area contributed by atoms with E-state index in [4.69, 9.17) is 14.3 Å². The van der Waals surface area contributed by atoms with Gasteiger partial charge in [0.1, 0.15) is 16.9 Å². The summed E-state index contributed by atoms with van der Waals surface area (Å²) in [5, 5.41) is 9.68. The molecule has 0 spiro atoms. The molecule has 2 aromatic carbocycles. The van der Waals surface area contributed by atoms with Gasteiger partial charge in [-0.25, -0.2) is 4.79 Å². The zero-order valence-corrected chi connectivity index (χ0v) is 12.0. The molecule has 22 heavy (non-hydrogen) atoms. The molecular weight excluding hydrogens is 284 g/mol. The van der Waals surface area contributed by atoms with Gasteiger partial charge in [0.25, 0.3) is 0 Å². The van der Waals surface area contributed by atoms with E-state index in [2.05, 4.69) is 0 Å². The Kier molecular flexibility index (Phi) is 3.55. The fourth-order valence-corrected chi connectivity index (χ4v) is 2.28. The normalized spacial score (nSPS) is 11.0. The number of carboxylic acid groups (broad SMARTS) is 1. The van der Waals surface area contributed by atoms with Crippen molar-refractivity contribution in [1.29, 1.82) is 0 Å². The van der Waals surface area contributed by atoms with Crippen molar-refractivity contribution in [2.24, 2.45) is 0 Å². The van der Waals surface area contributed by atoms with Gasteiger partial charge in [-0.05, 0) is 36.8 Å². The number of hydrogen-bond donors (Lipinski definition) is 1. The molecule has 0 unspecified atom stereocenters. The maximum absolute atomic E-state index is 12.5. The fourth-order valence-electron chi connectivity index (χ4n) is 2.28. The average Bonchev–Trinajstić information content (AvgIpc) is 2.52. The van der Waals surface area contributed by atoms with Crippen LogP contribution in [-0.2, 0) is 0 Å². The Hall–Kier alpha value is -2.82. The van der Waals surface area contributed by atoms with Gasteiger partial charge in [0.15, 0.2) is 0 Å². The number of rotatable bonds is 4. The molecule has 0 aliphatic heterocycles. The third-order valence-electron chi connectivity index (χ3n) is 3.36. The van der Waals surface area contributed by atoms with E-state index in [0.29, 0.717) is 28.9 Å². The number of fused-ring (bicyclic) bond motifs is 2. The van der Waals surface area contributed by atoms with Crippen molar-refractivity contribution in [3.05, 3.63) is 52.2 Å². The third kappa shape index (κ3) is 2.41. The topological polar surface area (TPSA) is 76.7 Å². The lowest BCUT2D eigenvalue weighted by atomic mass is 10.1. The van der Waals surface area contributed by atoms with Crippen LogP contribution in [0.2, 0.25) is 0 Å². The van der Waals surface area contributed by atoms with E-state index in [1.54, 1.807) is 18.2 Å².